The minimum absolute atomic E-state index is 0.216. The number of benzene rings is 2. The average molecular weight is 308 g/mol. The smallest absolute Gasteiger partial charge is 0.331 e. The molecule has 116 valence electrons. The van der Waals surface area contributed by atoms with Crippen molar-refractivity contribution in [3.05, 3.63) is 89.3 Å². The van der Waals surface area contributed by atoms with E-state index in [9.17, 15) is 9.18 Å². The normalized spacial score (nSPS) is 17.4. The first-order chi connectivity index (χ1) is 11.2. The molecular formula is C20H17FO2. The topological polar surface area (TPSA) is 26.3 Å². The van der Waals surface area contributed by atoms with Gasteiger partial charge in [-0.05, 0) is 41.3 Å². The highest BCUT2D eigenvalue weighted by atomic mass is 19.1. The third kappa shape index (κ3) is 4.16. The van der Waals surface area contributed by atoms with Gasteiger partial charge in [0.25, 0.3) is 0 Å². The molecule has 3 heteroatoms. The number of cyclic esters (lactones) is 1. The third-order valence-corrected chi connectivity index (χ3v) is 3.74. The Balaban J connectivity index is 1.76. The van der Waals surface area contributed by atoms with Gasteiger partial charge in [0.1, 0.15) is 11.9 Å². The van der Waals surface area contributed by atoms with Crippen molar-refractivity contribution in [2.24, 2.45) is 0 Å². The number of carbonyl (C=O) groups is 1. The SMILES string of the molecule is O=C1C=CC[C@@H](C=Cc2ccccc2Cc2ccc(F)cc2)O1. The molecule has 0 fully saturated rings. The van der Waals surface area contributed by atoms with E-state index in [1.165, 1.54) is 18.2 Å². The van der Waals surface area contributed by atoms with Crippen molar-refractivity contribution >= 4 is 12.0 Å². The molecule has 3 rings (SSSR count). The molecule has 0 bridgehead atoms. The first kappa shape index (κ1) is 15.2. The fourth-order valence-corrected chi connectivity index (χ4v) is 2.54. The van der Waals surface area contributed by atoms with Crippen molar-refractivity contribution in [1.29, 1.82) is 0 Å². The quantitative estimate of drug-likeness (QED) is 0.787. The highest BCUT2D eigenvalue weighted by Crippen LogP contribution is 2.18. The van der Waals surface area contributed by atoms with Crippen LogP contribution in [0.4, 0.5) is 4.39 Å². The molecule has 0 radical (unpaired) electrons. The molecule has 1 heterocycles. The molecule has 2 aromatic carbocycles. The molecule has 1 atom stereocenters. The molecule has 0 saturated carbocycles. The van der Waals surface area contributed by atoms with Crippen LogP contribution in [0.1, 0.15) is 23.1 Å². The molecule has 23 heavy (non-hydrogen) atoms. The predicted molar refractivity (Wildman–Crippen MR) is 88.3 cm³/mol. The van der Waals surface area contributed by atoms with Crippen molar-refractivity contribution < 1.29 is 13.9 Å². The summed E-state index contributed by atoms with van der Waals surface area (Å²) in [5.41, 5.74) is 3.27. The molecule has 2 nitrogen and oxygen atoms in total. The Morgan fingerprint density at radius 3 is 2.70 bits per heavy atom. The van der Waals surface area contributed by atoms with E-state index in [0.29, 0.717) is 6.42 Å². The first-order valence-electron chi connectivity index (χ1n) is 7.58. The van der Waals surface area contributed by atoms with E-state index in [0.717, 1.165) is 23.1 Å². The van der Waals surface area contributed by atoms with Crippen LogP contribution < -0.4 is 0 Å². The van der Waals surface area contributed by atoms with Gasteiger partial charge in [-0.15, -0.1) is 0 Å². The number of halogens is 1. The van der Waals surface area contributed by atoms with Crippen LogP contribution in [0.3, 0.4) is 0 Å². The van der Waals surface area contributed by atoms with Crippen LogP contribution in [0, 0.1) is 5.82 Å². The van der Waals surface area contributed by atoms with Crippen molar-refractivity contribution in [3.8, 4) is 0 Å². The molecule has 2 aromatic rings. The zero-order valence-corrected chi connectivity index (χ0v) is 12.6. The van der Waals surface area contributed by atoms with Crippen LogP contribution in [0.25, 0.3) is 6.08 Å². The Morgan fingerprint density at radius 1 is 1.13 bits per heavy atom. The van der Waals surface area contributed by atoms with Crippen LogP contribution in [-0.4, -0.2) is 12.1 Å². The number of ether oxygens (including phenoxy) is 1. The monoisotopic (exact) mass is 308 g/mol. The summed E-state index contributed by atoms with van der Waals surface area (Å²) in [6, 6.07) is 14.6. The van der Waals surface area contributed by atoms with E-state index in [1.807, 2.05) is 36.4 Å². The number of esters is 1. The average Bonchev–Trinajstić information content (AvgIpc) is 2.56. The molecule has 0 aliphatic carbocycles. The minimum atomic E-state index is -0.300. The van der Waals surface area contributed by atoms with Gasteiger partial charge in [-0.2, -0.15) is 0 Å². The largest absolute Gasteiger partial charge is 0.455 e. The van der Waals surface area contributed by atoms with Gasteiger partial charge in [-0.25, -0.2) is 9.18 Å². The number of hydrogen-bond acceptors (Lipinski definition) is 2. The zero-order chi connectivity index (χ0) is 16.1. The van der Waals surface area contributed by atoms with Gasteiger partial charge in [0, 0.05) is 12.5 Å². The Kier molecular flexibility index (Phi) is 4.67. The summed E-state index contributed by atoms with van der Waals surface area (Å²) in [6.45, 7) is 0. The lowest BCUT2D eigenvalue weighted by Crippen LogP contribution is -2.17. The van der Waals surface area contributed by atoms with Gasteiger partial charge < -0.3 is 4.74 Å². The number of rotatable bonds is 4. The van der Waals surface area contributed by atoms with Crippen molar-refractivity contribution in [3.63, 3.8) is 0 Å². The van der Waals surface area contributed by atoms with Crippen LogP contribution in [0.2, 0.25) is 0 Å². The maximum atomic E-state index is 13.0. The van der Waals surface area contributed by atoms with Gasteiger partial charge in [0.05, 0.1) is 0 Å². The Hall–Kier alpha value is -2.68. The van der Waals surface area contributed by atoms with Gasteiger partial charge in [0.2, 0.25) is 0 Å². The van der Waals surface area contributed by atoms with Crippen LogP contribution >= 0.6 is 0 Å². The highest BCUT2D eigenvalue weighted by molar-refractivity contribution is 5.83. The standard InChI is InChI=1S/C20H17FO2/c21-18-11-8-15(9-12-18)14-17-5-2-1-4-16(17)10-13-19-6-3-7-20(22)23-19/h1-5,7-13,19H,6,14H2/t19-/m0/s1. The summed E-state index contributed by atoms with van der Waals surface area (Å²) in [5.74, 6) is -0.528. The van der Waals surface area contributed by atoms with Crippen LogP contribution in [0.15, 0.2) is 66.8 Å². The van der Waals surface area contributed by atoms with E-state index in [1.54, 1.807) is 12.1 Å². The number of carbonyl (C=O) groups excluding carboxylic acids is 1. The van der Waals surface area contributed by atoms with Crippen LogP contribution in [-0.2, 0) is 16.0 Å². The fourth-order valence-electron chi connectivity index (χ4n) is 2.54. The van der Waals surface area contributed by atoms with Crippen molar-refractivity contribution in [2.75, 3.05) is 0 Å². The lowest BCUT2D eigenvalue weighted by Gasteiger charge is -2.15. The van der Waals surface area contributed by atoms with E-state index in [4.69, 9.17) is 4.74 Å². The lowest BCUT2D eigenvalue weighted by molar-refractivity contribution is -0.141. The van der Waals surface area contributed by atoms with Crippen molar-refractivity contribution in [2.45, 2.75) is 18.9 Å². The second-order valence-corrected chi connectivity index (χ2v) is 5.47. The summed E-state index contributed by atoms with van der Waals surface area (Å²) in [5, 5.41) is 0. The molecule has 0 unspecified atom stereocenters. The van der Waals surface area contributed by atoms with E-state index < -0.39 is 0 Å². The second kappa shape index (κ2) is 7.05. The molecule has 0 spiro atoms. The summed E-state index contributed by atoms with van der Waals surface area (Å²) < 4.78 is 18.2. The molecule has 1 aliphatic heterocycles. The maximum absolute atomic E-state index is 13.0. The fraction of sp³-hybridized carbons (Fsp3) is 0.150. The Morgan fingerprint density at radius 2 is 1.91 bits per heavy atom. The summed E-state index contributed by atoms with van der Waals surface area (Å²) in [7, 11) is 0. The molecular weight excluding hydrogens is 291 g/mol. The molecule has 0 amide bonds. The summed E-state index contributed by atoms with van der Waals surface area (Å²) in [4.78, 5) is 11.2. The van der Waals surface area contributed by atoms with Gasteiger partial charge >= 0.3 is 5.97 Å². The minimum Gasteiger partial charge on any atom is -0.455 e. The van der Waals surface area contributed by atoms with Gasteiger partial charge in [0.15, 0.2) is 0 Å². The predicted octanol–water partition coefficient (Wildman–Crippen LogP) is 4.30. The van der Waals surface area contributed by atoms with Crippen LogP contribution in [0.5, 0.6) is 0 Å². The summed E-state index contributed by atoms with van der Waals surface area (Å²) >= 11 is 0. The second-order valence-electron chi connectivity index (χ2n) is 5.47. The third-order valence-electron chi connectivity index (χ3n) is 3.74. The van der Waals surface area contributed by atoms with Crippen molar-refractivity contribution in [1.82, 2.24) is 0 Å². The van der Waals surface area contributed by atoms with E-state index >= 15 is 0 Å². The summed E-state index contributed by atoms with van der Waals surface area (Å²) in [6.07, 6.45) is 8.37. The molecule has 0 saturated heterocycles. The number of hydrogen-bond donors (Lipinski definition) is 0. The Labute approximate surface area is 134 Å². The molecule has 1 aliphatic rings. The van der Waals surface area contributed by atoms with Gasteiger partial charge in [-0.3, -0.25) is 0 Å². The molecule has 0 N–H and O–H groups in total. The zero-order valence-electron chi connectivity index (χ0n) is 12.6. The van der Waals surface area contributed by atoms with E-state index in [2.05, 4.69) is 6.07 Å². The lowest BCUT2D eigenvalue weighted by atomic mass is 9.99. The Bertz CT molecular complexity index is 744. The highest BCUT2D eigenvalue weighted by Gasteiger charge is 2.12. The first-order valence-corrected chi connectivity index (χ1v) is 7.58. The van der Waals surface area contributed by atoms with E-state index in [-0.39, 0.29) is 17.9 Å². The maximum Gasteiger partial charge on any atom is 0.331 e. The molecule has 0 aromatic heterocycles. The van der Waals surface area contributed by atoms with Gasteiger partial charge in [-0.1, -0.05) is 48.6 Å².